The summed E-state index contributed by atoms with van der Waals surface area (Å²) in [4.78, 5) is 0. The quantitative estimate of drug-likeness (QED) is 0.834. The molecular formula is C16H22ClNO. The van der Waals surface area contributed by atoms with Crippen molar-refractivity contribution in [2.45, 2.75) is 44.4 Å². The number of rotatable bonds is 2. The van der Waals surface area contributed by atoms with Gasteiger partial charge in [-0.05, 0) is 49.8 Å². The van der Waals surface area contributed by atoms with Crippen molar-refractivity contribution in [3.8, 4) is 5.75 Å². The van der Waals surface area contributed by atoms with E-state index in [1.807, 2.05) is 0 Å². The maximum atomic E-state index is 6.64. The Balaban J connectivity index is 2.08. The Kier molecular flexibility index (Phi) is 3.99. The molecule has 1 atom stereocenters. The Morgan fingerprint density at radius 2 is 2.11 bits per heavy atom. The van der Waals surface area contributed by atoms with Crippen LogP contribution >= 0.6 is 11.6 Å². The topological polar surface area (TPSA) is 21.3 Å². The van der Waals surface area contributed by atoms with Crippen LogP contribution in [0.5, 0.6) is 5.75 Å². The molecule has 1 saturated heterocycles. The molecule has 1 aliphatic heterocycles. The van der Waals surface area contributed by atoms with Gasteiger partial charge in [0.15, 0.2) is 0 Å². The second kappa shape index (κ2) is 5.72. The first-order chi connectivity index (χ1) is 9.31. The number of nitrogens with one attached hydrogen (secondary N) is 1. The van der Waals surface area contributed by atoms with Crippen LogP contribution in [-0.4, -0.2) is 20.2 Å². The van der Waals surface area contributed by atoms with Gasteiger partial charge in [-0.1, -0.05) is 24.1 Å². The lowest BCUT2D eigenvalue weighted by Gasteiger charge is -2.20. The van der Waals surface area contributed by atoms with E-state index >= 15 is 0 Å². The van der Waals surface area contributed by atoms with Crippen LogP contribution in [0.3, 0.4) is 0 Å². The maximum Gasteiger partial charge on any atom is 0.141 e. The summed E-state index contributed by atoms with van der Waals surface area (Å²) in [5, 5.41) is 4.31. The number of halogens is 1. The Hall–Kier alpha value is -0.730. The smallest absolute Gasteiger partial charge is 0.141 e. The third-order valence-corrected chi connectivity index (χ3v) is 4.92. The van der Waals surface area contributed by atoms with Gasteiger partial charge in [0.05, 0.1) is 12.1 Å². The number of methoxy groups -OCH3 is 1. The van der Waals surface area contributed by atoms with Gasteiger partial charge < -0.3 is 10.1 Å². The van der Waals surface area contributed by atoms with Gasteiger partial charge in [-0.2, -0.15) is 0 Å². The van der Waals surface area contributed by atoms with Crippen LogP contribution in [0.1, 0.15) is 48.3 Å². The zero-order valence-electron chi connectivity index (χ0n) is 11.6. The van der Waals surface area contributed by atoms with Crippen molar-refractivity contribution in [2.75, 3.05) is 20.2 Å². The average Bonchev–Trinajstić information content (AvgIpc) is 2.84. The minimum absolute atomic E-state index is 0.556. The molecule has 0 amide bonds. The molecule has 3 heteroatoms. The molecule has 1 aliphatic carbocycles. The molecule has 19 heavy (non-hydrogen) atoms. The van der Waals surface area contributed by atoms with E-state index < -0.39 is 0 Å². The van der Waals surface area contributed by atoms with Crippen molar-refractivity contribution >= 4 is 11.6 Å². The van der Waals surface area contributed by atoms with Gasteiger partial charge in [0.1, 0.15) is 5.75 Å². The molecule has 0 bridgehead atoms. The molecule has 0 spiro atoms. The summed E-state index contributed by atoms with van der Waals surface area (Å²) >= 11 is 6.64. The molecule has 1 aromatic carbocycles. The summed E-state index contributed by atoms with van der Waals surface area (Å²) < 4.78 is 5.64. The minimum Gasteiger partial charge on any atom is -0.495 e. The lowest BCUT2D eigenvalue weighted by molar-refractivity contribution is 0.406. The van der Waals surface area contributed by atoms with Gasteiger partial charge in [0.2, 0.25) is 0 Å². The summed E-state index contributed by atoms with van der Waals surface area (Å²) in [5.74, 6) is 1.48. The fourth-order valence-corrected chi connectivity index (χ4v) is 3.87. The number of benzene rings is 1. The molecule has 2 nitrogen and oxygen atoms in total. The maximum absolute atomic E-state index is 6.64. The summed E-state index contributed by atoms with van der Waals surface area (Å²) in [6.07, 6.45) is 7.32. The zero-order valence-corrected chi connectivity index (χ0v) is 12.4. The van der Waals surface area contributed by atoms with Crippen molar-refractivity contribution in [1.82, 2.24) is 5.32 Å². The Bertz CT molecular complexity index is 466. The highest BCUT2D eigenvalue weighted by Crippen LogP contribution is 2.41. The number of fused-ring (bicyclic) bond motifs is 1. The normalized spacial score (nSPS) is 22.9. The molecular weight excluding hydrogens is 258 g/mol. The lowest BCUT2D eigenvalue weighted by atomic mass is 9.91. The molecule has 1 fully saturated rings. The van der Waals surface area contributed by atoms with Gasteiger partial charge in [0.25, 0.3) is 0 Å². The number of hydrogen-bond acceptors (Lipinski definition) is 2. The molecule has 0 radical (unpaired) electrons. The zero-order chi connectivity index (χ0) is 13.2. The van der Waals surface area contributed by atoms with Gasteiger partial charge in [-0.25, -0.2) is 0 Å². The second-order valence-corrected chi connectivity index (χ2v) is 6.08. The van der Waals surface area contributed by atoms with Gasteiger partial charge in [0, 0.05) is 18.0 Å². The van der Waals surface area contributed by atoms with Crippen molar-refractivity contribution < 1.29 is 4.74 Å². The van der Waals surface area contributed by atoms with E-state index in [0.717, 1.165) is 30.3 Å². The van der Waals surface area contributed by atoms with Gasteiger partial charge in [-0.15, -0.1) is 0 Å². The van der Waals surface area contributed by atoms with Crippen LogP contribution in [0.15, 0.2) is 6.07 Å². The fourth-order valence-electron chi connectivity index (χ4n) is 3.46. The predicted octanol–water partition coefficient (Wildman–Crippen LogP) is 3.69. The highest BCUT2D eigenvalue weighted by molar-refractivity contribution is 6.33. The van der Waals surface area contributed by atoms with Crippen LogP contribution in [-0.2, 0) is 12.8 Å². The number of aryl methyl sites for hydroxylation is 1. The van der Waals surface area contributed by atoms with E-state index in [1.165, 1.54) is 48.8 Å². The van der Waals surface area contributed by atoms with Gasteiger partial charge in [-0.3, -0.25) is 0 Å². The number of ether oxygens (including phenoxy) is 1. The Morgan fingerprint density at radius 3 is 2.84 bits per heavy atom. The summed E-state index contributed by atoms with van der Waals surface area (Å²) in [7, 11) is 1.75. The van der Waals surface area contributed by atoms with E-state index in [0.29, 0.717) is 5.92 Å². The number of hydrogen-bond donors (Lipinski definition) is 1. The van der Waals surface area contributed by atoms with Crippen molar-refractivity contribution in [3.63, 3.8) is 0 Å². The largest absolute Gasteiger partial charge is 0.495 e. The van der Waals surface area contributed by atoms with Crippen LogP contribution < -0.4 is 10.1 Å². The second-order valence-electron chi connectivity index (χ2n) is 5.70. The van der Waals surface area contributed by atoms with E-state index in [9.17, 15) is 0 Å². The van der Waals surface area contributed by atoms with Gasteiger partial charge >= 0.3 is 0 Å². The van der Waals surface area contributed by atoms with Crippen LogP contribution in [0.4, 0.5) is 0 Å². The molecule has 1 unspecified atom stereocenters. The monoisotopic (exact) mass is 279 g/mol. The first-order valence-electron chi connectivity index (χ1n) is 7.40. The third-order valence-electron chi connectivity index (χ3n) is 4.52. The van der Waals surface area contributed by atoms with E-state index in [4.69, 9.17) is 16.3 Å². The summed E-state index contributed by atoms with van der Waals surface area (Å²) in [6.45, 7) is 2.15. The molecule has 0 saturated carbocycles. The first kappa shape index (κ1) is 13.3. The Morgan fingerprint density at radius 1 is 1.26 bits per heavy atom. The fraction of sp³-hybridized carbons (Fsp3) is 0.625. The summed E-state index contributed by atoms with van der Waals surface area (Å²) in [5.41, 5.74) is 4.12. The molecule has 3 rings (SSSR count). The minimum atomic E-state index is 0.556. The van der Waals surface area contributed by atoms with E-state index in [-0.39, 0.29) is 0 Å². The molecule has 1 heterocycles. The van der Waals surface area contributed by atoms with Crippen molar-refractivity contribution in [1.29, 1.82) is 0 Å². The summed E-state index contributed by atoms with van der Waals surface area (Å²) in [6, 6.07) is 2.38. The van der Waals surface area contributed by atoms with Crippen LogP contribution in [0, 0.1) is 0 Å². The standard InChI is InChI=1S/C16H22ClNO/c1-19-16-14(12-7-8-18-10-12)9-11-5-3-2-4-6-13(11)15(16)17/h9,12,18H,2-8,10H2,1H3. The van der Waals surface area contributed by atoms with Crippen LogP contribution in [0.2, 0.25) is 5.02 Å². The molecule has 1 N–H and O–H groups in total. The highest BCUT2D eigenvalue weighted by Gasteiger charge is 2.25. The lowest BCUT2D eigenvalue weighted by Crippen LogP contribution is -2.10. The first-order valence-corrected chi connectivity index (χ1v) is 7.78. The third kappa shape index (κ3) is 2.48. The van der Waals surface area contributed by atoms with E-state index in [2.05, 4.69) is 11.4 Å². The highest BCUT2D eigenvalue weighted by atomic mass is 35.5. The van der Waals surface area contributed by atoms with Crippen molar-refractivity contribution in [2.24, 2.45) is 0 Å². The van der Waals surface area contributed by atoms with E-state index in [1.54, 1.807) is 7.11 Å². The van der Waals surface area contributed by atoms with Crippen LogP contribution in [0.25, 0.3) is 0 Å². The SMILES string of the molecule is COc1c(C2CCNC2)cc2c(c1Cl)CCCCC2. The molecule has 104 valence electrons. The average molecular weight is 280 g/mol. The molecule has 0 aromatic heterocycles. The molecule has 2 aliphatic rings. The molecule has 1 aromatic rings. The van der Waals surface area contributed by atoms with Crippen molar-refractivity contribution in [3.05, 3.63) is 27.8 Å². The predicted molar refractivity (Wildman–Crippen MR) is 79.5 cm³/mol. The Labute approximate surface area is 120 Å².